The number of carbonyl (C=O) groups is 4. The number of amides is 3. The summed E-state index contributed by atoms with van der Waals surface area (Å²) in [5.41, 5.74) is 5.63. The summed E-state index contributed by atoms with van der Waals surface area (Å²) in [7, 11) is 0. The Morgan fingerprint density at radius 3 is 1.61 bits per heavy atom. The van der Waals surface area contributed by atoms with Crippen LogP contribution in [0.15, 0.2) is 0 Å². The molecule has 28 heteroatoms. The van der Waals surface area contributed by atoms with Gasteiger partial charge < -0.3 is 120 Å². The molecule has 25 atom stereocenters. The van der Waals surface area contributed by atoms with Crippen LogP contribution in [0.5, 0.6) is 0 Å². The van der Waals surface area contributed by atoms with Gasteiger partial charge in [0.05, 0.1) is 24.9 Å². The predicted molar refractivity (Wildman–Crippen MR) is 224 cm³/mol. The van der Waals surface area contributed by atoms with Crippen LogP contribution in [0.3, 0.4) is 0 Å². The van der Waals surface area contributed by atoms with Crippen LogP contribution in [0.1, 0.15) is 60.8 Å². The lowest BCUT2D eigenvalue weighted by Gasteiger charge is -2.52. The zero-order chi connectivity index (χ0) is 51.2. The van der Waals surface area contributed by atoms with Gasteiger partial charge in [-0.3, -0.25) is 14.4 Å². The summed E-state index contributed by atoms with van der Waals surface area (Å²) in [6.45, 7) is 7.31. The third kappa shape index (κ3) is 13.6. The zero-order valence-electron chi connectivity index (χ0n) is 38.9. The van der Waals surface area contributed by atoms with Gasteiger partial charge in [-0.05, 0) is 46.6 Å². The molecule has 5 rings (SSSR count). The van der Waals surface area contributed by atoms with Crippen LogP contribution in [0, 0.1) is 0 Å². The molecule has 5 aliphatic heterocycles. The maximum Gasteiger partial charge on any atom is 0.335 e. The van der Waals surface area contributed by atoms with E-state index in [9.17, 15) is 70.2 Å². The molecule has 28 nitrogen and oxygen atoms in total. The molecule has 10 unspecified atom stereocenters. The first-order chi connectivity index (χ1) is 32.5. The molecule has 5 heterocycles. The smallest absolute Gasteiger partial charge is 0.335 e. The van der Waals surface area contributed by atoms with E-state index in [-0.39, 0.29) is 6.61 Å². The van der Waals surface area contributed by atoms with Crippen LogP contribution in [0.25, 0.3) is 0 Å². The fourth-order valence-electron chi connectivity index (χ4n) is 8.81. The summed E-state index contributed by atoms with van der Waals surface area (Å²) in [5.74, 6) is -3.91. The van der Waals surface area contributed by atoms with Gasteiger partial charge in [0, 0.05) is 27.4 Å². The minimum Gasteiger partial charge on any atom is -0.479 e. The zero-order valence-corrected chi connectivity index (χ0v) is 38.9. The molecule has 0 radical (unpaired) electrons. The summed E-state index contributed by atoms with van der Waals surface area (Å²) in [5, 5.41) is 116. The Morgan fingerprint density at radius 1 is 0.493 bits per heavy atom. The van der Waals surface area contributed by atoms with Gasteiger partial charge in [-0.15, -0.1) is 0 Å². The van der Waals surface area contributed by atoms with Crippen molar-refractivity contribution in [3.8, 4) is 0 Å². The third-order valence-electron chi connectivity index (χ3n) is 12.5. The number of rotatable bonds is 19. The molecule has 0 aliphatic carbocycles. The van der Waals surface area contributed by atoms with Gasteiger partial charge in [-0.25, -0.2) is 4.79 Å². The van der Waals surface area contributed by atoms with Gasteiger partial charge in [0.15, 0.2) is 37.6 Å². The number of aliphatic hydroxyl groups excluding tert-OH is 9. The van der Waals surface area contributed by atoms with E-state index in [1.807, 2.05) is 0 Å². The Hall–Kier alpha value is -2.92. The molecule has 0 aromatic rings. The van der Waals surface area contributed by atoms with Crippen LogP contribution in [0.2, 0.25) is 0 Å². The summed E-state index contributed by atoms with van der Waals surface area (Å²) < 4.78 is 60.7. The Labute approximate surface area is 396 Å². The van der Waals surface area contributed by atoms with E-state index in [1.54, 1.807) is 0 Å². The summed E-state index contributed by atoms with van der Waals surface area (Å²) in [6, 6.07) is -4.51. The molecule has 15 N–H and O–H groups in total. The standard InChI is InChI=1S/C41H70N4O24/c1-13-23(50)26(53)20(43-16(4)47)38(62-13)69-35-29(56)28(55)34(36(58)59)68-41(35)67-33-22(45-18(6)49)39(63-15(3)31(33)65-40-30(57)27(54)25(52)19(12-46)64-40)66-32-21(44-17(5)48)37(61-14(2)24(32)51)60-11-9-7-8-10-42/h13-15,19-35,37-41,46,50-57H,7-12,42H2,1-6H3,(H,43,47)(H,44,48)(H,45,49)(H,58,59)/t13?,14?,15?,19?,20-,21-,22-,23+,24+,25+,26?,27?,28-,29?,30-,31+,32?,33?,34?,35-,37+,38-,39-,40-,41+/m0/s1. The molecular formula is C41H70N4O24. The molecule has 3 amide bonds. The van der Waals surface area contributed by atoms with Crippen molar-refractivity contribution >= 4 is 23.7 Å². The average molecular weight is 1000 g/mol. The number of carbonyl (C=O) groups excluding carboxylic acids is 3. The third-order valence-corrected chi connectivity index (χ3v) is 12.5. The number of nitrogens with one attached hydrogen (secondary N) is 3. The van der Waals surface area contributed by atoms with Gasteiger partial charge >= 0.3 is 5.97 Å². The number of nitrogens with two attached hydrogens (primary N) is 1. The first-order valence-corrected chi connectivity index (χ1v) is 22.8. The summed E-state index contributed by atoms with van der Waals surface area (Å²) in [4.78, 5) is 50.7. The molecule has 0 aromatic carbocycles. The van der Waals surface area contributed by atoms with Crippen LogP contribution in [-0.2, 0) is 66.5 Å². The van der Waals surface area contributed by atoms with Crippen molar-refractivity contribution in [2.45, 2.75) is 214 Å². The highest BCUT2D eigenvalue weighted by atomic mass is 16.8. The molecule has 5 fully saturated rings. The Bertz CT molecular complexity index is 1690. The van der Waals surface area contributed by atoms with Crippen LogP contribution >= 0.6 is 0 Å². The fourth-order valence-corrected chi connectivity index (χ4v) is 8.81. The molecular weight excluding hydrogens is 932 g/mol. The van der Waals surface area contributed by atoms with Crippen LogP contribution in [0.4, 0.5) is 0 Å². The number of carboxylic acid groups (broad SMARTS) is 1. The van der Waals surface area contributed by atoms with E-state index in [1.165, 1.54) is 27.7 Å². The van der Waals surface area contributed by atoms with E-state index < -0.39 is 184 Å². The molecule has 0 saturated carbocycles. The number of aliphatic carboxylic acids is 1. The van der Waals surface area contributed by atoms with Gasteiger partial charge in [-0.2, -0.15) is 0 Å². The number of carboxylic acids is 1. The van der Waals surface area contributed by atoms with Crippen molar-refractivity contribution < 1.29 is 118 Å². The minimum absolute atomic E-state index is 0.146. The molecule has 398 valence electrons. The first kappa shape index (κ1) is 57.0. The Morgan fingerprint density at radius 2 is 1.01 bits per heavy atom. The largest absolute Gasteiger partial charge is 0.479 e. The maximum absolute atomic E-state index is 13.2. The second-order valence-electron chi connectivity index (χ2n) is 17.8. The van der Waals surface area contributed by atoms with E-state index in [0.717, 1.165) is 13.8 Å². The highest BCUT2D eigenvalue weighted by Crippen LogP contribution is 2.37. The molecule has 0 spiro atoms. The SMILES string of the molecule is CC(=O)N[C@H]1C(O)[C@H](O)C(C)O[C@H]1O[C@H]1C(O)[C@H](O)C(C(=O)O)O[C@H]1OC1[C@H](O[C@@H]2OC(CO)[C@@H](O)C(O)[C@@H]2O)C(C)O[C@@H](OC2[C@H](O)C(C)O[C@@H](OCCCCCN)[C@H]2NC(C)=O)[C@H]1NC(C)=O. The lowest BCUT2D eigenvalue weighted by molar-refractivity contribution is -0.388. The Kier molecular flexibility index (Phi) is 20.8. The van der Waals surface area contributed by atoms with Gasteiger partial charge in [0.2, 0.25) is 17.7 Å². The van der Waals surface area contributed by atoms with Gasteiger partial charge in [0.25, 0.3) is 0 Å². The van der Waals surface area contributed by atoms with Crippen molar-refractivity contribution in [1.29, 1.82) is 0 Å². The highest BCUT2D eigenvalue weighted by Gasteiger charge is 2.58. The molecule has 69 heavy (non-hydrogen) atoms. The van der Waals surface area contributed by atoms with Crippen molar-refractivity contribution in [3.05, 3.63) is 0 Å². The minimum atomic E-state index is -2.26. The van der Waals surface area contributed by atoms with Crippen LogP contribution in [-0.4, -0.2) is 248 Å². The first-order valence-electron chi connectivity index (χ1n) is 22.8. The van der Waals surface area contributed by atoms with E-state index in [0.29, 0.717) is 25.8 Å². The topological polar surface area (TPSA) is 425 Å². The van der Waals surface area contributed by atoms with E-state index in [2.05, 4.69) is 16.0 Å². The van der Waals surface area contributed by atoms with Gasteiger partial charge in [0.1, 0.15) is 97.5 Å². The summed E-state index contributed by atoms with van der Waals surface area (Å²) >= 11 is 0. The van der Waals surface area contributed by atoms with Crippen molar-refractivity contribution in [2.24, 2.45) is 5.73 Å². The van der Waals surface area contributed by atoms with Crippen molar-refractivity contribution in [2.75, 3.05) is 19.8 Å². The lowest BCUT2D eigenvalue weighted by Crippen LogP contribution is -2.71. The summed E-state index contributed by atoms with van der Waals surface area (Å²) in [6.07, 6.45) is -36.4. The second kappa shape index (κ2) is 25.2. The van der Waals surface area contributed by atoms with Gasteiger partial charge in [-0.1, -0.05) is 0 Å². The Balaban J connectivity index is 1.60. The molecule has 0 bridgehead atoms. The van der Waals surface area contributed by atoms with E-state index >= 15 is 0 Å². The van der Waals surface area contributed by atoms with E-state index in [4.69, 9.17) is 53.1 Å². The average Bonchev–Trinajstić information content (AvgIpc) is 3.28. The van der Waals surface area contributed by atoms with Crippen LogP contribution < -0.4 is 21.7 Å². The van der Waals surface area contributed by atoms with Crippen molar-refractivity contribution in [3.63, 3.8) is 0 Å². The normalized spacial score (nSPS) is 45.0. The number of ether oxygens (including phenoxy) is 10. The molecule has 0 aromatic heterocycles. The number of hydrogen-bond acceptors (Lipinski definition) is 24. The maximum atomic E-state index is 13.2. The number of unbranched alkanes of at least 4 members (excludes halogenated alkanes) is 2. The van der Waals surface area contributed by atoms with Crippen molar-refractivity contribution in [1.82, 2.24) is 16.0 Å². The quantitative estimate of drug-likeness (QED) is 0.0535. The fraction of sp³-hybridized carbons (Fsp3) is 0.902. The molecule has 5 aliphatic rings. The lowest BCUT2D eigenvalue weighted by atomic mass is 9.93. The predicted octanol–water partition coefficient (Wildman–Crippen LogP) is -7.16. The monoisotopic (exact) mass is 1000 g/mol. The molecule has 5 saturated heterocycles. The number of aliphatic hydroxyl groups is 9. The highest BCUT2D eigenvalue weighted by molar-refractivity contribution is 5.74. The number of hydrogen-bond donors (Lipinski definition) is 14. The second-order valence-corrected chi connectivity index (χ2v) is 17.8.